The molecule has 104 valence electrons. The summed E-state index contributed by atoms with van der Waals surface area (Å²) in [5.74, 6) is 1.10. The van der Waals surface area contributed by atoms with Crippen LogP contribution in [0.3, 0.4) is 0 Å². The highest BCUT2D eigenvalue weighted by atomic mass is 15.4. The Balaban J connectivity index is 2.46. The van der Waals surface area contributed by atoms with Gasteiger partial charge in [-0.25, -0.2) is 9.97 Å². The summed E-state index contributed by atoms with van der Waals surface area (Å²) < 4.78 is 0. The molecule has 2 N–H and O–H groups in total. The van der Waals surface area contributed by atoms with Gasteiger partial charge in [0.05, 0.1) is 11.0 Å². The molecule has 20 heavy (non-hydrogen) atoms. The first kappa shape index (κ1) is 13.9. The van der Waals surface area contributed by atoms with Crippen molar-refractivity contribution in [3.63, 3.8) is 0 Å². The Labute approximate surface area is 118 Å². The van der Waals surface area contributed by atoms with Gasteiger partial charge in [0.2, 0.25) is 0 Å². The number of nitrogens with one attached hydrogen (secondary N) is 2. The van der Waals surface area contributed by atoms with Gasteiger partial charge in [0.25, 0.3) is 0 Å². The van der Waals surface area contributed by atoms with E-state index >= 15 is 0 Å². The quantitative estimate of drug-likeness (QED) is 0.660. The highest BCUT2D eigenvalue weighted by Gasteiger charge is 2.07. The van der Waals surface area contributed by atoms with Gasteiger partial charge in [0.15, 0.2) is 11.6 Å². The van der Waals surface area contributed by atoms with Gasteiger partial charge in [-0.05, 0) is 39.8 Å². The number of hydrogen-bond acceptors (Lipinski definition) is 6. The minimum atomic E-state index is 0.551. The van der Waals surface area contributed by atoms with E-state index in [4.69, 9.17) is 0 Å². The molecule has 1 heterocycles. The van der Waals surface area contributed by atoms with Crippen molar-refractivity contribution in [2.45, 2.75) is 27.7 Å². The highest BCUT2D eigenvalue weighted by Crippen LogP contribution is 2.21. The number of hydrogen-bond donors (Lipinski definition) is 2. The van der Waals surface area contributed by atoms with Gasteiger partial charge in [-0.3, -0.25) is 10.9 Å². The summed E-state index contributed by atoms with van der Waals surface area (Å²) >= 11 is 0. The van der Waals surface area contributed by atoms with E-state index in [1.165, 1.54) is 0 Å². The van der Waals surface area contributed by atoms with Crippen LogP contribution in [-0.2, 0) is 0 Å². The summed E-state index contributed by atoms with van der Waals surface area (Å²) in [5, 5.41) is 8.33. The average molecular weight is 270 g/mol. The molecule has 0 fully saturated rings. The molecule has 0 unspecified atom stereocenters. The van der Waals surface area contributed by atoms with Crippen molar-refractivity contribution in [3.8, 4) is 0 Å². The molecule has 0 aliphatic rings. The Hall–Kier alpha value is -2.50. The Morgan fingerprint density at radius 1 is 0.800 bits per heavy atom. The third kappa shape index (κ3) is 3.50. The maximum absolute atomic E-state index is 4.51. The lowest BCUT2D eigenvalue weighted by Gasteiger charge is -2.08. The molecular formula is C14H18N6. The van der Waals surface area contributed by atoms with Gasteiger partial charge < -0.3 is 0 Å². The maximum Gasteiger partial charge on any atom is 0.192 e. The van der Waals surface area contributed by atoms with Gasteiger partial charge in [0.1, 0.15) is 0 Å². The van der Waals surface area contributed by atoms with Crippen molar-refractivity contribution < 1.29 is 0 Å². The number of nitrogens with zero attached hydrogens (tertiary/aromatic N) is 4. The van der Waals surface area contributed by atoms with E-state index in [1.54, 1.807) is 0 Å². The Kier molecular flexibility index (Phi) is 4.24. The van der Waals surface area contributed by atoms with E-state index in [0.717, 1.165) is 22.5 Å². The fourth-order valence-electron chi connectivity index (χ4n) is 1.49. The van der Waals surface area contributed by atoms with Crippen LogP contribution in [0.2, 0.25) is 0 Å². The van der Waals surface area contributed by atoms with Crippen molar-refractivity contribution in [1.29, 1.82) is 0 Å². The standard InChI is InChI=1S/C14H18N6/c1-9(2)17-19-13-14(20-18-10(3)4)16-12-8-6-5-7-11(12)15-13/h5-8H,1-4H3,(H,15,19)(H,16,20). The second-order valence-electron chi connectivity index (χ2n) is 4.75. The number of anilines is 2. The Morgan fingerprint density at radius 2 is 1.20 bits per heavy atom. The Morgan fingerprint density at radius 3 is 1.55 bits per heavy atom. The first-order valence-electron chi connectivity index (χ1n) is 6.37. The summed E-state index contributed by atoms with van der Waals surface area (Å²) in [5.41, 5.74) is 9.24. The third-order valence-corrected chi connectivity index (χ3v) is 2.34. The molecule has 0 aliphatic carbocycles. The molecule has 0 spiro atoms. The molecule has 6 nitrogen and oxygen atoms in total. The van der Waals surface area contributed by atoms with Crippen LogP contribution in [0.15, 0.2) is 34.5 Å². The van der Waals surface area contributed by atoms with Crippen LogP contribution in [0, 0.1) is 0 Å². The van der Waals surface area contributed by atoms with Gasteiger partial charge in [-0.15, -0.1) is 0 Å². The van der Waals surface area contributed by atoms with E-state index in [-0.39, 0.29) is 0 Å². The molecule has 0 aliphatic heterocycles. The van der Waals surface area contributed by atoms with E-state index in [0.29, 0.717) is 11.6 Å². The molecule has 0 saturated carbocycles. The molecular weight excluding hydrogens is 252 g/mol. The lowest BCUT2D eigenvalue weighted by atomic mass is 10.3. The first-order valence-corrected chi connectivity index (χ1v) is 6.37. The summed E-state index contributed by atoms with van der Waals surface area (Å²) in [6.45, 7) is 7.62. The van der Waals surface area contributed by atoms with Crippen LogP contribution in [-0.4, -0.2) is 21.4 Å². The molecule has 2 rings (SSSR count). The van der Waals surface area contributed by atoms with Crippen molar-refractivity contribution in [2.75, 3.05) is 10.9 Å². The summed E-state index contributed by atoms with van der Waals surface area (Å²) in [4.78, 5) is 9.03. The second-order valence-corrected chi connectivity index (χ2v) is 4.75. The summed E-state index contributed by atoms with van der Waals surface area (Å²) in [6, 6.07) is 7.68. The number of benzene rings is 1. The molecule has 1 aromatic carbocycles. The second kappa shape index (κ2) is 6.10. The fourth-order valence-corrected chi connectivity index (χ4v) is 1.49. The maximum atomic E-state index is 4.51. The van der Waals surface area contributed by atoms with Crippen LogP contribution < -0.4 is 10.9 Å². The normalized spacial score (nSPS) is 10.0. The van der Waals surface area contributed by atoms with E-state index in [2.05, 4.69) is 31.0 Å². The predicted molar refractivity (Wildman–Crippen MR) is 84.3 cm³/mol. The molecule has 0 atom stereocenters. The fraction of sp³-hybridized carbons (Fsp3) is 0.286. The van der Waals surface area contributed by atoms with Crippen molar-refractivity contribution in [1.82, 2.24) is 9.97 Å². The summed E-state index contributed by atoms with van der Waals surface area (Å²) in [6.07, 6.45) is 0. The predicted octanol–water partition coefficient (Wildman–Crippen LogP) is 3.25. The van der Waals surface area contributed by atoms with E-state index < -0.39 is 0 Å². The Bertz CT molecular complexity index is 608. The smallest absolute Gasteiger partial charge is 0.192 e. The lowest BCUT2D eigenvalue weighted by Crippen LogP contribution is -2.04. The lowest BCUT2D eigenvalue weighted by molar-refractivity contribution is 1.17. The van der Waals surface area contributed by atoms with Crippen LogP contribution in [0.1, 0.15) is 27.7 Å². The molecule has 0 saturated heterocycles. The van der Waals surface area contributed by atoms with E-state index in [1.807, 2.05) is 52.0 Å². The number of rotatable bonds is 4. The first-order chi connectivity index (χ1) is 9.56. The van der Waals surface area contributed by atoms with Gasteiger partial charge in [0, 0.05) is 11.4 Å². The monoisotopic (exact) mass is 270 g/mol. The molecule has 1 aromatic heterocycles. The van der Waals surface area contributed by atoms with Crippen molar-refractivity contribution in [3.05, 3.63) is 24.3 Å². The number of fused-ring (bicyclic) bond motifs is 1. The topological polar surface area (TPSA) is 74.6 Å². The number of aromatic nitrogens is 2. The summed E-state index contributed by atoms with van der Waals surface area (Å²) in [7, 11) is 0. The molecule has 2 aromatic rings. The zero-order chi connectivity index (χ0) is 14.5. The number of para-hydroxylation sites is 2. The highest BCUT2D eigenvalue weighted by molar-refractivity contribution is 5.83. The number of hydrazone groups is 2. The van der Waals surface area contributed by atoms with Crippen molar-refractivity contribution >= 4 is 34.1 Å². The van der Waals surface area contributed by atoms with Crippen LogP contribution in [0.4, 0.5) is 11.6 Å². The van der Waals surface area contributed by atoms with Crippen LogP contribution in [0.5, 0.6) is 0 Å². The van der Waals surface area contributed by atoms with Gasteiger partial charge in [-0.1, -0.05) is 12.1 Å². The third-order valence-electron chi connectivity index (χ3n) is 2.34. The zero-order valence-corrected chi connectivity index (χ0v) is 12.1. The minimum Gasteiger partial charge on any atom is -0.258 e. The molecule has 0 amide bonds. The van der Waals surface area contributed by atoms with E-state index in [9.17, 15) is 0 Å². The van der Waals surface area contributed by atoms with Crippen molar-refractivity contribution in [2.24, 2.45) is 10.2 Å². The van der Waals surface area contributed by atoms with Gasteiger partial charge in [-0.2, -0.15) is 10.2 Å². The average Bonchev–Trinajstić information content (AvgIpc) is 2.42. The zero-order valence-electron chi connectivity index (χ0n) is 12.1. The van der Waals surface area contributed by atoms with Crippen LogP contribution in [0.25, 0.3) is 11.0 Å². The molecule has 6 heteroatoms. The molecule has 0 radical (unpaired) electrons. The molecule has 0 bridgehead atoms. The SMILES string of the molecule is CC(C)=NNc1nc2ccccc2nc1NN=C(C)C. The largest absolute Gasteiger partial charge is 0.258 e. The minimum absolute atomic E-state index is 0.551. The van der Waals surface area contributed by atoms with Crippen LogP contribution >= 0.6 is 0 Å². The van der Waals surface area contributed by atoms with Gasteiger partial charge >= 0.3 is 0 Å².